The van der Waals surface area contributed by atoms with Gasteiger partial charge in [-0.1, -0.05) is 6.07 Å². The molecule has 0 aliphatic carbocycles. The zero-order valence-electron chi connectivity index (χ0n) is 13.6. The van der Waals surface area contributed by atoms with Gasteiger partial charge in [-0.2, -0.15) is 0 Å². The maximum absolute atomic E-state index is 5.60. The Kier molecular flexibility index (Phi) is 9.73. The van der Waals surface area contributed by atoms with E-state index in [0.29, 0.717) is 51.4 Å². The average Bonchev–Trinajstić information content (AvgIpc) is 2.55. The first-order valence-electron chi connectivity index (χ1n) is 7.39. The third-order valence-electron chi connectivity index (χ3n) is 2.79. The summed E-state index contributed by atoms with van der Waals surface area (Å²) in [6.07, 6.45) is 1.71. The van der Waals surface area contributed by atoms with Gasteiger partial charge in [0.25, 0.3) is 0 Å². The summed E-state index contributed by atoms with van der Waals surface area (Å²) in [4.78, 5) is 8.41. The first-order chi connectivity index (χ1) is 10.8. The Morgan fingerprint density at radius 2 is 2.14 bits per heavy atom. The van der Waals surface area contributed by atoms with Crippen molar-refractivity contribution in [2.24, 2.45) is 4.99 Å². The van der Waals surface area contributed by atoms with Crippen LogP contribution in [0.25, 0.3) is 0 Å². The minimum atomic E-state index is 0.474. The molecule has 0 bridgehead atoms. The molecular weight excluding hydrogens is 284 g/mol. The normalized spacial score (nSPS) is 11.3. The molecular formula is C15H26N4O3. The van der Waals surface area contributed by atoms with Crippen LogP contribution in [0.4, 0.5) is 0 Å². The van der Waals surface area contributed by atoms with Crippen molar-refractivity contribution in [2.75, 3.05) is 47.1 Å². The monoisotopic (exact) mass is 310 g/mol. The van der Waals surface area contributed by atoms with Gasteiger partial charge >= 0.3 is 0 Å². The zero-order valence-corrected chi connectivity index (χ0v) is 13.6. The van der Waals surface area contributed by atoms with Gasteiger partial charge in [0.15, 0.2) is 5.96 Å². The topological polar surface area (TPSA) is 77.0 Å². The van der Waals surface area contributed by atoms with Crippen LogP contribution in [-0.4, -0.2) is 58.1 Å². The Balaban J connectivity index is 2.44. The molecule has 0 radical (unpaired) electrons. The Morgan fingerprint density at radius 1 is 1.27 bits per heavy atom. The number of guanidine groups is 1. The van der Waals surface area contributed by atoms with Crippen LogP contribution in [-0.2, 0) is 16.0 Å². The van der Waals surface area contributed by atoms with Crippen LogP contribution in [0.2, 0.25) is 0 Å². The van der Waals surface area contributed by atoms with Crippen LogP contribution in [0.3, 0.4) is 0 Å². The Bertz CT molecular complexity index is 441. The fourth-order valence-electron chi connectivity index (χ4n) is 1.70. The summed E-state index contributed by atoms with van der Waals surface area (Å²) in [6, 6.07) is 3.85. The molecule has 0 aromatic carbocycles. The number of aromatic nitrogens is 1. The summed E-state index contributed by atoms with van der Waals surface area (Å²) in [5.74, 6) is 1.32. The molecule has 0 saturated heterocycles. The molecule has 1 heterocycles. The lowest BCUT2D eigenvalue weighted by molar-refractivity contribution is 0.143. The highest BCUT2D eigenvalue weighted by molar-refractivity contribution is 5.79. The van der Waals surface area contributed by atoms with Crippen molar-refractivity contribution in [2.45, 2.75) is 13.5 Å². The van der Waals surface area contributed by atoms with Crippen LogP contribution in [0.15, 0.2) is 23.3 Å². The van der Waals surface area contributed by atoms with E-state index >= 15 is 0 Å². The van der Waals surface area contributed by atoms with Gasteiger partial charge in [-0.25, -0.2) is 4.98 Å². The van der Waals surface area contributed by atoms with Crippen molar-refractivity contribution < 1.29 is 14.2 Å². The summed E-state index contributed by atoms with van der Waals surface area (Å²) >= 11 is 0. The SMILES string of the molecule is CCOCCNC(=NC)NCc1cccnc1OCCOC. The van der Waals surface area contributed by atoms with Crippen LogP contribution in [0, 0.1) is 0 Å². The van der Waals surface area contributed by atoms with Crippen molar-refractivity contribution in [3.8, 4) is 5.88 Å². The molecule has 2 N–H and O–H groups in total. The lowest BCUT2D eigenvalue weighted by Gasteiger charge is -2.14. The lowest BCUT2D eigenvalue weighted by atomic mass is 10.2. The summed E-state index contributed by atoms with van der Waals surface area (Å²) in [7, 11) is 3.37. The maximum atomic E-state index is 5.60. The summed E-state index contributed by atoms with van der Waals surface area (Å²) in [5.41, 5.74) is 0.964. The first-order valence-corrected chi connectivity index (χ1v) is 7.39. The molecule has 0 saturated carbocycles. The number of nitrogens with zero attached hydrogens (tertiary/aromatic N) is 2. The molecule has 0 fully saturated rings. The Morgan fingerprint density at radius 3 is 2.86 bits per heavy atom. The van der Waals surface area contributed by atoms with Crippen molar-refractivity contribution in [1.82, 2.24) is 15.6 Å². The number of hydrogen-bond acceptors (Lipinski definition) is 5. The van der Waals surface area contributed by atoms with E-state index in [4.69, 9.17) is 14.2 Å². The lowest BCUT2D eigenvalue weighted by Crippen LogP contribution is -2.38. The van der Waals surface area contributed by atoms with Gasteiger partial charge in [0.1, 0.15) is 6.61 Å². The standard InChI is InChI=1S/C15H26N4O3/c1-4-21-9-8-18-15(16-2)19-12-13-6-5-7-17-14(13)22-11-10-20-3/h5-7H,4,8-12H2,1-3H3,(H2,16,18,19). The van der Waals surface area contributed by atoms with Gasteiger partial charge in [-0.15, -0.1) is 0 Å². The number of aliphatic imine (C=N–C) groups is 1. The minimum absolute atomic E-state index is 0.474. The summed E-state index contributed by atoms with van der Waals surface area (Å²) in [6.45, 7) is 5.62. The van der Waals surface area contributed by atoms with E-state index in [1.54, 1.807) is 20.4 Å². The van der Waals surface area contributed by atoms with E-state index in [1.807, 2.05) is 19.1 Å². The molecule has 0 spiro atoms. The predicted octanol–water partition coefficient (Wildman–Crippen LogP) is 0.808. The number of rotatable bonds is 10. The first kappa shape index (κ1) is 18.2. The third kappa shape index (κ3) is 7.24. The number of pyridine rings is 1. The molecule has 0 atom stereocenters. The second-order valence-electron chi connectivity index (χ2n) is 4.36. The van der Waals surface area contributed by atoms with E-state index in [1.165, 1.54) is 0 Å². The van der Waals surface area contributed by atoms with Gasteiger partial charge in [-0.3, -0.25) is 4.99 Å². The van der Waals surface area contributed by atoms with Gasteiger partial charge in [0.2, 0.25) is 5.88 Å². The maximum Gasteiger partial charge on any atom is 0.218 e. The number of ether oxygens (including phenoxy) is 3. The molecule has 0 amide bonds. The highest BCUT2D eigenvalue weighted by atomic mass is 16.5. The molecule has 1 aromatic rings. The average molecular weight is 310 g/mol. The minimum Gasteiger partial charge on any atom is -0.475 e. The molecule has 0 unspecified atom stereocenters. The number of methoxy groups -OCH3 is 1. The Hall–Kier alpha value is -1.86. The third-order valence-corrected chi connectivity index (χ3v) is 2.79. The van der Waals surface area contributed by atoms with Crippen molar-refractivity contribution in [3.63, 3.8) is 0 Å². The molecule has 22 heavy (non-hydrogen) atoms. The largest absolute Gasteiger partial charge is 0.475 e. The van der Waals surface area contributed by atoms with Crippen molar-refractivity contribution >= 4 is 5.96 Å². The number of hydrogen-bond donors (Lipinski definition) is 2. The molecule has 124 valence electrons. The smallest absolute Gasteiger partial charge is 0.218 e. The van der Waals surface area contributed by atoms with E-state index in [-0.39, 0.29) is 0 Å². The fraction of sp³-hybridized carbons (Fsp3) is 0.600. The van der Waals surface area contributed by atoms with E-state index in [9.17, 15) is 0 Å². The van der Waals surface area contributed by atoms with E-state index < -0.39 is 0 Å². The molecule has 1 rings (SSSR count). The van der Waals surface area contributed by atoms with Gasteiger partial charge in [0, 0.05) is 45.6 Å². The number of nitrogens with one attached hydrogen (secondary N) is 2. The van der Waals surface area contributed by atoms with Crippen LogP contribution >= 0.6 is 0 Å². The van der Waals surface area contributed by atoms with Crippen LogP contribution in [0.1, 0.15) is 12.5 Å². The molecule has 0 aliphatic rings. The molecule has 0 aliphatic heterocycles. The second-order valence-corrected chi connectivity index (χ2v) is 4.36. The van der Waals surface area contributed by atoms with Gasteiger partial charge in [0.05, 0.1) is 13.2 Å². The van der Waals surface area contributed by atoms with Crippen LogP contribution in [0.5, 0.6) is 5.88 Å². The molecule has 7 nitrogen and oxygen atoms in total. The van der Waals surface area contributed by atoms with Crippen molar-refractivity contribution in [1.29, 1.82) is 0 Å². The summed E-state index contributed by atoms with van der Waals surface area (Å²) < 4.78 is 15.9. The predicted molar refractivity (Wildman–Crippen MR) is 86.3 cm³/mol. The molecule has 7 heteroatoms. The fourth-order valence-corrected chi connectivity index (χ4v) is 1.70. The van der Waals surface area contributed by atoms with Gasteiger partial charge < -0.3 is 24.8 Å². The highest BCUT2D eigenvalue weighted by Gasteiger charge is 2.05. The Labute approximate surface area is 132 Å². The highest BCUT2D eigenvalue weighted by Crippen LogP contribution is 2.13. The summed E-state index contributed by atoms with van der Waals surface area (Å²) in [5, 5.41) is 6.40. The van der Waals surface area contributed by atoms with E-state index in [2.05, 4.69) is 20.6 Å². The van der Waals surface area contributed by atoms with Gasteiger partial charge in [-0.05, 0) is 13.0 Å². The second kappa shape index (κ2) is 11.8. The quantitative estimate of drug-likeness (QED) is 0.378. The zero-order chi connectivity index (χ0) is 16.0. The molecule has 1 aromatic heterocycles. The van der Waals surface area contributed by atoms with Crippen molar-refractivity contribution in [3.05, 3.63) is 23.9 Å². The van der Waals surface area contributed by atoms with Crippen LogP contribution < -0.4 is 15.4 Å². The van der Waals surface area contributed by atoms with E-state index in [0.717, 1.165) is 5.56 Å².